The summed E-state index contributed by atoms with van der Waals surface area (Å²) in [5, 5.41) is 1.33. The second-order valence-electron chi connectivity index (χ2n) is 7.13. The van der Waals surface area contributed by atoms with Gasteiger partial charge in [0, 0.05) is 17.8 Å². The fourth-order valence-corrected chi connectivity index (χ4v) is 3.23. The van der Waals surface area contributed by atoms with Gasteiger partial charge in [0.1, 0.15) is 0 Å². The van der Waals surface area contributed by atoms with Crippen molar-refractivity contribution in [1.29, 1.82) is 0 Å². The van der Waals surface area contributed by atoms with Gasteiger partial charge in [-0.25, -0.2) is 0 Å². The third-order valence-electron chi connectivity index (χ3n) is 4.72. The molecular formula is C23H27N. The Kier molecular flexibility index (Phi) is 4.89. The van der Waals surface area contributed by atoms with Crippen LogP contribution >= 0.6 is 0 Å². The Morgan fingerprint density at radius 2 is 1.54 bits per heavy atom. The molecule has 1 heterocycles. The Morgan fingerprint density at radius 3 is 2.25 bits per heavy atom. The molecule has 4 rings (SSSR count). The van der Waals surface area contributed by atoms with Gasteiger partial charge in [0.05, 0.1) is 0 Å². The van der Waals surface area contributed by atoms with Crippen LogP contribution < -0.4 is 0 Å². The lowest BCUT2D eigenvalue weighted by Gasteiger charge is -2.08. The predicted octanol–water partition coefficient (Wildman–Crippen LogP) is 6.50. The van der Waals surface area contributed by atoms with Crippen molar-refractivity contribution >= 4 is 17.0 Å². The molecule has 3 aromatic rings. The molecule has 1 heteroatoms. The highest BCUT2D eigenvalue weighted by molar-refractivity contribution is 5.80. The van der Waals surface area contributed by atoms with Crippen LogP contribution in [0.3, 0.4) is 0 Å². The quantitative estimate of drug-likeness (QED) is 0.508. The first-order valence-corrected chi connectivity index (χ1v) is 8.90. The lowest BCUT2D eigenvalue weighted by Crippen LogP contribution is -1.97. The zero-order valence-electron chi connectivity index (χ0n) is 15.2. The van der Waals surface area contributed by atoms with E-state index in [9.17, 15) is 0 Å². The molecule has 0 saturated carbocycles. The van der Waals surface area contributed by atoms with Crippen LogP contribution in [-0.4, -0.2) is 4.57 Å². The summed E-state index contributed by atoms with van der Waals surface area (Å²) in [6.45, 7) is 8.92. The van der Waals surface area contributed by atoms with Gasteiger partial charge in [-0.1, -0.05) is 68.0 Å². The van der Waals surface area contributed by atoms with Gasteiger partial charge in [0.2, 0.25) is 0 Å². The van der Waals surface area contributed by atoms with E-state index in [4.69, 9.17) is 0 Å². The molecule has 24 heavy (non-hydrogen) atoms. The van der Waals surface area contributed by atoms with Crippen LogP contribution in [0.2, 0.25) is 0 Å². The van der Waals surface area contributed by atoms with E-state index in [1.165, 1.54) is 22.0 Å². The molecule has 0 amide bonds. The molecule has 0 spiro atoms. The molecule has 124 valence electrons. The summed E-state index contributed by atoms with van der Waals surface area (Å²) in [5.74, 6) is 0.692. The first-order chi connectivity index (χ1) is 11.6. The normalized spacial score (nSPS) is 13.0. The van der Waals surface area contributed by atoms with Gasteiger partial charge in [-0.3, -0.25) is 0 Å². The molecule has 0 saturated heterocycles. The average molecular weight is 317 g/mol. The van der Waals surface area contributed by atoms with Crippen molar-refractivity contribution in [2.75, 3.05) is 0 Å². The molecule has 2 aromatic carbocycles. The Bertz CT molecular complexity index is 849. The largest absolute Gasteiger partial charge is 0.345 e. The highest BCUT2D eigenvalue weighted by atomic mass is 15.0. The van der Waals surface area contributed by atoms with Crippen molar-refractivity contribution in [2.24, 2.45) is 5.92 Å². The Hall–Kier alpha value is -2.28. The van der Waals surface area contributed by atoms with Gasteiger partial charge < -0.3 is 4.57 Å². The third-order valence-corrected chi connectivity index (χ3v) is 4.72. The van der Waals surface area contributed by atoms with E-state index >= 15 is 0 Å². The second-order valence-corrected chi connectivity index (χ2v) is 7.13. The number of benzene rings is 2. The standard InChI is InChI=1S/C12H14.C11H13N/c1-9(2)12-7-10-5-3-4-6-11(10)8-12;1-9(2)12-8-7-10-5-3-4-6-11(10)12/h3-7,9H,8H2,1-2H3;3-9H,1-2H3. The zero-order valence-corrected chi connectivity index (χ0v) is 15.2. The maximum absolute atomic E-state index is 2.33. The maximum atomic E-state index is 2.33. The number of para-hydroxylation sites is 1. The molecule has 0 radical (unpaired) electrons. The first kappa shape index (κ1) is 16.6. The molecule has 1 nitrogen and oxygen atoms in total. The average Bonchev–Trinajstić information content (AvgIpc) is 3.19. The van der Waals surface area contributed by atoms with E-state index in [1.54, 1.807) is 5.57 Å². The van der Waals surface area contributed by atoms with Crippen LogP contribution in [0.15, 0.2) is 66.4 Å². The van der Waals surface area contributed by atoms with Crippen LogP contribution in [-0.2, 0) is 6.42 Å². The van der Waals surface area contributed by atoms with Crippen molar-refractivity contribution in [3.8, 4) is 0 Å². The number of nitrogens with zero attached hydrogens (tertiary/aromatic N) is 1. The third kappa shape index (κ3) is 3.46. The van der Waals surface area contributed by atoms with Crippen molar-refractivity contribution in [2.45, 2.75) is 40.2 Å². The van der Waals surface area contributed by atoms with Gasteiger partial charge in [0.25, 0.3) is 0 Å². The van der Waals surface area contributed by atoms with Crippen LogP contribution in [0.1, 0.15) is 44.9 Å². The summed E-state index contributed by atoms with van der Waals surface area (Å²) >= 11 is 0. The molecule has 1 aliphatic carbocycles. The topological polar surface area (TPSA) is 4.93 Å². The molecule has 0 fully saturated rings. The predicted molar refractivity (Wildman–Crippen MR) is 105 cm³/mol. The van der Waals surface area contributed by atoms with E-state index in [-0.39, 0.29) is 0 Å². The Balaban J connectivity index is 0.000000141. The summed E-state index contributed by atoms with van der Waals surface area (Å²) in [6.07, 6.45) is 5.64. The van der Waals surface area contributed by atoms with Gasteiger partial charge in [-0.15, -0.1) is 0 Å². The Labute approximate surface area is 145 Å². The maximum Gasteiger partial charge on any atom is 0.0482 e. The summed E-state index contributed by atoms with van der Waals surface area (Å²) in [7, 11) is 0. The zero-order chi connectivity index (χ0) is 17.1. The molecule has 1 aromatic heterocycles. The Morgan fingerprint density at radius 1 is 0.833 bits per heavy atom. The SMILES string of the molecule is CC(C)C1=Cc2ccccc2C1.CC(C)n1ccc2ccccc21. The molecular weight excluding hydrogens is 290 g/mol. The number of allylic oxidation sites excluding steroid dienone is 1. The van der Waals surface area contributed by atoms with Crippen LogP contribution in [0.25, 0.3) is 17.0 Å². The lowest BCUT2D eigenvalue weighted by molar-refractivity contribution is 0.623. The van der Waals surface area contributed by atoms with Crippen LogP contribution in [0.5, 0.6) is 0 Å². The van der Waals surface area contributed by atoms with E-state index in [1.807, 2.05) is 0 Å². The second kappa shape index (κ2) is 7.09. The molecule has 0 aliphatic heterocycles. The fraction of sp³-hybridized carbons (Fsp3) is 0.304. The van der Waals surface area contributed by atoms with Gasteiger partial charge in [-0.2, -0.15) is 0 Å². The minimum absolute atomic E-state index is 0.546. The molecule has 0 N–H and O–H groups in total. The summed E-state index contributed by atoms with van der Waals surface area (Å²) in [4.78, 5) is 0. The van der Waals surface area contributed by atoms with Gasteiger partial charge >= 0.3 is 0 Å². The van der Waals surface area contributed by atoms with Gasteiger partial charge in [-0.05, 0) is 54.8 Å². The van der Waals surface area contributed by atoms with Gasteiger partial charge in [0.15, 0.2) is 0 Å². The van der Waals surface area contributed by atoms with Crippen molar-refractivity contribution in [3.05, 3.63) is 77.5 Å². The smallest absolute Gasteiger partial charge is 0.0482 e. The minimum Gasteiger partial charge on any atom is -0.345 e. The molecule has 0 unspecified atom stereocenters. The number of aromatic nitrogens is 1. The van der Waals surface area contributed by atoms with Crippen LogP contribution in [0, 0.1) is 5.92 Å². The molecule has 0 bridgehead atoms. The number of hydrogen-bond acceptors (Lipinski definition) is 0. The minimum atomic E-state index is 0.546. The lowest BCUT2D eigenvalue weighted by atomic mass is 10.0. The number of rotatable bonds is 2. The highest BCUT2D eigenvalue weighted by Gasteiger charge is 2.13. The molecule has 0 atom stereocenters. The monoisotopic (exact) mass is 317 g/mol. The van der Waals surface area contributed by atoms with E-state index in [2.05, 4.69) is 99.1 Å². The fourth-order valence-electron chi connectivity index (χ4n) is 3.23. The van der Waals surface area contributed by atoms with E-state index < -0.39 is 0 Å². The number of fused-ring (bicyclic) bond motifs is 2. The summed E-state index contributed by atoms with van der Waals surface area (Å²) < 4.78 is 2.29. The van der Waals surface area contributed by atoms with E-state index in [0.29, 0.717) is 12.0 Å². The van der Waals surface area contributed by atoms with Crippen LogP contribution in [0.4, 0.5) is 0 Å². The molecule has 1 aliphatic rings. The number of hydrogen-bond donors (Lipinski definition) is 0. The van der Waals surface area contributed by atoms with Crippen molar-refractivity contribution < 1.29 is 0 Å². The van der Waals surface area contributed by atoms with Crippen molar-refractivity contribution in [3.63, 3.8) is 0 Å². The highest BCUT2D eigenvalue weighted by Crippen LogP contribution is 2.28. The summed E-state index contributed by atoms with van der Waals surface area (Å²) in [6, 6.07) is 19.8. The van der Waals surface area contributed by atoms with E-state index in [0.717, 1.165) is 6.42 Å². The first-order valence-electron chi connectivity index (χ1n) is 8.90. The van der Waals surface area contributed by atoms with Crippen molar-refractivity contribution in [1.82, 2.24) is 4.57 Å². The summed E-state index contributed by atoms with van der Waals surface area (Å²) in [5.41, 5.74) is 5.80.